The highest BCUT2D eigenvalue weighted by Crippen LogP contribution is 2.35. The van der Waals surface area contributed by atoms with Crippen molar-refractivity contribution >= 4 is 45.9 Å². The first kappa shape index (κ1) is 22.0. The first-order valence-electron chi connectivity index (χ1n) is 9.24. The summed E-state index contributed by atoms with van der Waals surface area (Å²) in [6, 6.07) is 8.78. The Morgan fingerprint density at radius 3 is 2.38 bits per heavy atom. The summed E-state index contributed by atoms with van der Waals surface area (Å²) in [5.74, 6) is 1.04. The van der Waals surface area contributed by atoms with Gasteiger partial charge in [0, 0.05) is 49.8 Å². The second kappa shape index (κ2) is 9.24. The molecule has 6 heteroatoms. The number of halogens is 2. The number of ether oxygens (including phenoxy) is 1. The van der Waals surface area contributed by atoms with Crippen molar-refractivity contribution in [2.75, 3.05) is 39.9 Å². The minimum Gasteiger partial charge on any atom is -0.381 e. The second-order valence-corrected chi connectivity index (χ2v) is 9.05. The number of hydrogen-bond donors (Lipinski definition) is 1. The fourth-order valence-corrected chi connectivity index (χ4v) is 4.27. The summed E-state index contributed by atoms with van der Waals surface area (Å²) < 4.78 is 6.78. The molecule has 0 aliphatic carbocycles. The van der Waals surface area contributed by atoms with Gasteiger partial charge in [0.15, 0.2) is 5.96 Å². The first-order valence-corrected chi connectivity index (χ1v) is 10.0. The van der Waals surface area contributed by atoms with Crippen molar-refractivity contribution in [2.45, 2.75) is 38.5 Å². The zero-order valence-electron chi connectivity index (χ0n) is 16.1. The summed E-state index contributed by atoms with van der Waals surface area (Å²) in [7, 11) is 1.89. The lowest BCUT2D eigenvalue weighted by Gasteiger charge is -2.39. The minimum absolute atomic E-state index is 0. The van der Waals surface area contributed by atoms with Crippen LogP contribution >= 0.6 is 39.9 Å². The summed E-state index contributed by atoms with van der Waals surface area (Å²) in [5, 5.41) is 3.68. The lowest BCUT2D eigenvalue weighted by atomic mass is 9.74. The average molecular weight is 536 g/mol. The highest BCUT2D eigenvalue weighted by Gasteiger charge is 2.36. The zero-order chi connectivity index (χ0) is 17.9. The Morgan fingerprint density at radius 2 is 1.85 bits per heavy atom. The summed E-state index contributed by atoms with van der Waals surface area (Å²) in [4.78, 5) is 6.95. The highest BCUT2D eigenvalue weighted by atomic mass is 127. The van der Waals surface area contributed by atoms with Gasteiger partial charge in [0.1, 0.15) is 0 Å². The van der Waals surface area contributed by atoms with Crippen LogP contribution in [0.3, 0.4) is 0 Å². The molecule has 0 amide bonds. The van der Waals surface area contributed by atoms with Crippen molar-refractivity contribution in [1.29, 1.82) is 0 Å². The standard InChI is InChI=1S/C20H30BrN3O.HI/c1-19(2)8-11-24(15-19)18(22-3)23-14-20(9-12-25-13-10-20)16-4-6-17(21)7-5-16;/h4-7H,8-15H2,1-3H3,(H,22,23);1H. The monoisotopic (exact) mass is 535 g/mol. The van der Waals surface area contributed by atoms with Gasteiger partial charge in [0.25, 0.3) is 0 Å². The highest BCUT2D eigenvalue weighted by molar-refractivity contribution is 14.0. The van der Waals surface area contributed by atoms with Crippen molar-refractivity contribution < 1.29 is 4.74 Å². The number of hydrogen-bond acceptors (Lipinski definition) is 2. The zero-order valence-corrected chi connectivity index (χ0v) is 20.0. The predicted molar refractivity (Wildman–Crippen MR) is 123 cm³/mol. The van der Waals surface area contributed by atoms with E-state index in [1.165, 1.54) is 12.0 Å². The molecule has 1 aromatic carbocycles. The van der Waals surface area contributed by atoms with Crippen molar-refractivity contribution in [1.82, 2.24) is 10.2 Å². The van der Waals surface area contributed by atoms with E-state index >= 15 is 0 Å². The van der Waals surface area contributed by atoms with Crippen LogP contribution in [0.5, 0.6) is 0 Å². The van der Waals surface area contributed by atoms with Crippen LogP contribution < -0.4 is 5.32 Å². The van der Waals surface area contributed by atoms with Crippen LogP contribution in [0.1, 0.15) is 38.7 Å². The van der Waals surface area contributed by atoms with E-state index in [0.717, 1.165) is 56.1 Å². The Morgan fingerprint density at radius 1 is 1.19 bits per heavy atom. The number of benzene rings is 1. The van der Waals surface area contributed by atoms with E-state index in [1.807, 2.05) is 7.05 Å². The molecule has 2 aliphatic heterocycles. The fraction of sp³-hybridized carbons (Fsp3) is 0.650. The third kappa shape index (κ3) is 5.13. The van der Waals surface area contributed by atoms with Crippen LogP contribution in [0.4, 0.5) is 0 Å². The molecule has 0 bridgehead atoms. The first-order chi connectivity index (χ1) is 11.9. The van der Waals surface area contributed by atoms with Crippen LogP contribution in [0.15, 0.2) is 33.7 Å². The van der Waals surface area contributed by atoms with Gasteiger partial charge in [0.2, 0.25) is 0 Å². The molecule has 0 radical (unpaired) electrons. The molecule has 0 spiro atoms. The number of guanidine groups is 1. The molecule has 0 aromatic heterocycles. The van der Waals surface area contributed by atoms with E-state index in [-0.39, 0.29) is 29.4 Å². The van der Waals surface area contributed by atoms with Gasteiger partial charge in [-0.1, -0.05) is 41.9 Å². The SMILES string of the molecule is CN=C(NCC1(c2ccc(Br)cc2)CCOCC1)N1CCC(C)(C)C1.I. The number of aliphatic imine (C=N–C) groups is 1. The van der Waals surface area contributed by atoms with Gasteiger partial charge in [-0.25, -0.2) is 0 Å². The molecular weight excluding hydrogens is 505 g/mol. The Labute approximate surface area is 183 Å². The number of nitrogens with one attached hydrogen (secondary N) is 1. The van der Waals surface area contributed by atoms with E-state index in [9.17, 15) is 0 Å². The van der Waals surface area contributed by atoms with Crippen molar-refractivity contribution in [3.8, 4) is 0 Å². The maximum absolute atomic E-state index is 5.65. The molecule has 0 saturated carbocycles. The quantitative estimate of drug-likeness (QED) is 0.353. The van der Waals surface area contributed by atoms with E-state index in [2.05, 4.69) is 69.3 Å². The molecule has 146 valence electrons. The molecule has 1 aromatic rings. The van der Waals surface area contributed by atoms with Gasteiger partial charge in [0.05, 0.1) is 0 Å². The maximum Gasteiger partial charge on any atom is 0.193 e. The number of rotatable bonds is 3. The van der Waals surface area contributed by atoms with Crippen molar-refractivity contribution in [3.63, 3.8) is 0 Å². The molecule has 2 aliphatic rings. The molecule has 2 fully saturated rings. The predicted octanol–water partition coefficient (Wildman–Crippen LogP) is 4.42. The largest absolute Gasteiger partial charge is 0.381 e. The molecule has 2 heterocycles. The molecule has 3 rings (SSSR count). The number of nitrogens with zero attached hydrogens (tertiary/aromatic N) is 2. The Kier molecular flexibility index (Phi) is 7.80. The molecule has 4 nitrogen and oxygen atoms in total. The Bertz CT molecular complexity index is 612. The van der Waals surface area contributed by atoms with Gasteiger partial charge in [-0.3, -0.25) is 4.99 Å². The third-order valence-electron chi connectivity index (χ3n) is 5.68. The molecular formula is C20H31BrIN3O. The summed E-state index contributed by atoms with van der Waals surface area (Å²) in [6.45, 7) is 9.38. The van der Waals surface area contributed by atoms with E-state index in [1.54, 1.807) is 0 Å². The van der Waals surface area contributed by atoms with Gasteiger partial charge in [-0.2, -0.15) is 0 Å². The van der Waals surface area contributed by atoms with Crippen LogP contribution in [-0.4, -0.2) is 50.8 Å². The summed E-state index contributed by atoms with van der Waals surface area (Å²) in [6.07, 6.45) is 3.31. The molecule has 26 heavy (non-hydrogen) atoms. The van der Waals surface area contributed by atoms with Crippen LogP contribution in [0.25, 0.3) is 0 Å². The lowest BCUT2D eigenvalue weighted by molar-refractivity contribution is 0.0512. The number of likely N-dealkylation sites (tertiary alicyclic amines) is 1. The fourth-order valence-electron chi connectivity index (χ4n) is 4.01. The maximum atomic E-state index is 5.65. The van der Waals surface area contributed by atoms with Gasteiger partial charge >= 0.3 is 0 Å². The van der Waals surface area contributed by atoms with Crippen LogP contribution in [0, 0.1) is 5.41 Å². The Hall–Kier alpha value is -0.340. The van der Waals surface area contributed by atoms with Crippen molar-refractivity contribution in [3.05, 3.63) is 34.3 Å². The smallest absolute Gasteiger partial charge is 0.193 e. The Balaban J connectivity index is 0.00000243. The van der Waals surface area contributed by atoms with Gasteiger partial charge in [-0.15, -0.1) is 24.0 Å². The lowest BCUT2D eigenvalue weighted by Crippen LogP contribution is -2.49. The normalized spacial score (nSPS) is 22.0. The summed E-state index contributed by atoms with van der Waals surface area (Å²) in [5.41, 5.74) is 1.88. The van der Waals surface area contributed by atoms with E-state index < -0.39 is 0 Å². The molecule has 1 N–H and O–H groups in total. The third-order valence-corrected chi connectivity index (χ3v) is 6.21. The minimum atomic E-state index is 0. The molecule has 2 saturated heterocycles. The van der Waals surface area contributed by atoms with Crippen LogP contribution in [-0.2, 0) is 10.2 Å². The molecule has 0 atom stereocenters. The topological polar surface area (TPSA) is 36.9 Å². The molecule has 0 unspecified atom stereocenters. The van der Waals surface area contributed by atoms with Gasteiger partial charge < -0.3 is 15.0 Å². The van der Waals surface area contributed by atoms with Crippen LogP contribution in [0.2, 0.25) is 0 Å². The second-order valence-electron chi connectivity index (χ2n) is 8.14. The van der Waals surface area contributed by atoms with Gasteiger partial charge in [-0.05, 0) is 42.4 Å². The van der Waals surface area contributed by atoms with Crippen molar-refractivity contribution in [2.24, 2.45) is 10.4 Å². The van der Waals surface area contributed by atoms with E-state index in [4.69, 9.17) is 4.74 Å². The summed E-state index contributed by atoms with van der Waals surface area (Å²) >= 11 is 3.55. The van der Waals surface area contributed by atoms with E-state index in [0.29, 0.717) is 5.41 Å². The average Bonchev–Trinajstić information content (AvgIpc) is 2.97.